The van der Waals surface area contributed by atoms with Gasteiger partial charge in [-0.2, -0.15) is 5.10 Å². The SMILES string of the molecule is Cn1nc(C(=O)NCc2ccccc2F)c2c1CC[C@@H](NCCc1ccccn1)C2. The monoisotopic (exact) mass is 407 g/mol. The summed E-state index contributed by atoms with van der Waals surface area (Å²) >= 11 is 0. The molecule has 0 radical (unpaired) electrons. The molecule has 0 saturated carbocycles. The van der Waals surface area contributed by atoms with Crippen LogP contribution < -0.4 is 10.6 Å². The fourth-order valence-corrected chi connectivity index (χ4v) is 4.00. The minimum atomic E-state index is -0.321. The van der Waals surface area contributed by atoms with Gasteiger partial charge < -0.3 is 10.6 Å². The highest BCUT2D eigenvalue weighted by Gasteiger charge is 2.28. The largest absolute Gasteiger partial charge is 0.346 e. The van der Waals surface area contributed by atoms with E-state index in [9.17, 15) is 9.18 Å². The third-order valence-corrected chi connectivity index (χ3v) is 5.61. The number of carbonyl (C=O) groups is 1. The van der Waals surface area contributed by atoms with Crippen LogP contribution in [0.2, 0.25) is 0 Å². The van der Waals surface area contributed by atoms with Gasteiger partial charge >= 0.3 is 0 Å². The van der Waals surface area contributed by atoms with Crippen LogP contribution in [-0.4, -0.2) is 33.3 Å². The first-order valence-electron chi connectivity index (χ1n) is 10.3. The number of nitrogens with one attached hydrogen (secondary N) is 2. The highest BCUT2D eigenvalue weighted by molar-refractivity contribution is 5.94. The number of hydrogen-bond donors (Lipinski definition) is 2. The van der Waals surface area contributed by atoms with E-state index in [0.717, 1.165) is 49.2 Å². The van der Waals surface area contributed by atoms with Gasteiger partial charge in [0, 0.05) is 61.3 Å². The Kier molecular flexibility index (Phi) is 6.18. The Hall–Kier alpha value is -3.06. The predicted octanol–water partition coefficient (Wildman–Crippen LogP) is 2.57. The van der Waals surface area contributed by atoms with Gasteiger partial charge in [-0.05, 0) is 37.5 Å². The van der Waals surface area contributed by atoms with E-state index >= 15 is 0 Å². The van der Waals surface area contributed by atoms with Crippen molar-refractivity contribution < 1.29 is 9.18 Å². The molecule has 1 aliphatic rings. The molecule has 6 nitrogen and oxygen atoms in total. The number of halogens is 1. The van der Waals surface area contributed by atoms with E-state index < -0.39 is 0 Å². The van der Waals surface area contributed by atoms with E-state index in [4.69, 9.17) is 0 Å². The van der Waals surface area contributed by atoms with Gasteiger partial charge in [0.15, 0.2) is 5.69 Å². The summed E-state index contributed by atoms with van der Waals surface area (Å²) < 4.78 is 15.6. The van der Waals surface area contributed by atoms with Crippen molar-refractivity contribution in [2.24, 2.45) is 7.05 Å². The number of aryl methyl sites for hydroxylation is 1. The Labute approximate surface area is 175 Å². The summed E-state index contributed by atoms with van der Waals surface area (Å²) in [5, 5.41) is 10.9. The Morgan fingerprint density at radius 3 is 2.87 bits per heavy atom. The number of nitrogens with zero attached hydrogens (tertiary/aromatic N) is 3. The molecule has 7 heteroatoms. The van der Waals surface area contributed by atoms with Crippen LogP contribution in [0.4, 0.5) is 4.39 Å². The van der Waals surface area contributed by atoms with E-state index in [1.165, 1.54) is 6.07 Å². The van der Waals surface area contributed by atoms with Crippen LogP contribution in [0.15, 0.2) is 48.7 Å². The van der Waals surface area contributed by atoms with Gasteiger partial charge in [0.1, 0.15) is 5.82 Å². The molecule has 30 heavy (non-hydrogen) atoms. The molecular weight excluding hydrogens is 381 g/mol. The minimum absolute atomic E-state index is 0.141. The van der Waals surface area contributed by atoms with Gasteiger partial charge in [-0.15, -0.1) is 0 Å². The topological polar surface area (TPSA) is 71.8 Å². The van der Waals surface area contributed by atoms with Crippen LogP contribution in [0.5, 0.6) is 0 Å². The molecule has 0 aliphatic heterocycles. The van der Waals surface area contributed by atoms with Crippen LogP contribution in [0.1, 0.15) is 39.4 Å². The van der Waals surface area contributed by atoms with E-state index in [1.54, 1.807) is 22.9 Å². The van der Waals surface area contributed by atoms with Crippen molar-refractivity contribution in [3.05, 3.63) is 82.7 Å². The number of benzene rings is 1. The molecule has 2 N–H and O–H groups in total. The van der Waals surface area contributed by atoms with Crippen molar-refractivity contribution in [2.75, 3.05) is 6.54 Å². The van der Waals surface area contributed by atoms with Gasteiger partial charge in [-0.1, -0.05) is 24.3 Å². The molecule has 156 valence electrons. The lowest BCUT2D eigenvalue weighted by molar-refractivity contribution is 0.0943. The molecule has 2 heterocycles. The molecule has 1 atom stereocenters. The normalized spacial score (nSPS) is 15.6. The number of fused-ring (bicyclic) bond motifs is 1. The summed E-state index contributed by atoms with van der Waals surface area (Å²) in [6.07, 6.45) is 5.32. The number of hydrogen-bond acceptors (Lipinski definition) is 4. The number of aromatic nitrogens is 3. The summed E-state index contributed by atoms with van der Waals surface area (Å²) in [6.45, 7) is 0.981. The van der Waals surface area contributed by atoms with E-state index in [-0.39, 0.29) is 18.3 Å². The highest BCUT2D eigenvalue weighted by atomic mass is 19.1. The van der Waals surface area contributed by atoms with Crippen molar-refractivity contribution in [2.45, 2.75) is 38.3 Å². The maximum absolute atomic E-state index is 13.8. The lowest BCUT2D eigenvalue weighted by Gasteiger charge is -2.24. The van der Waals surface area contributed by atoms with Gasteiger partial charge in [-0.25, -0.2) is 4.39 Å². The molecule has 2 aromatic heterocycles. The molecule has 0 saturated heterocycles. The van der Waals surface area contributed by atoms with Crippen molar-refractivity contribution in [1.82, 2.24) is 25.4 Å². The van der Waals surface area contributed by atoms with Gasteiger partial charge in [-0.3, -0.25) is 14.5 Å². The first-order chi connectivity index (χ1) is 14.6. The maximum atomic E-state index is 13.8. The molecule has 0 spiro atoms. The molecule has 0 fully saturated rings. The first-order valence-corrected chi connectivity index (χ1v) is 10.3. The summed E-state index contributed by atoms with van der Waals surface area (Å²) in [5.41, 5.74) is 4.07. The Morgan fingerprint density at radius 2 is 2.07 bits per heavy atom. The summed E-state index contributed by atoms with van der Waals surface area (Å²) in [7, 11) is 1.88. The second kappa shape index (κ2) is 9.17. The van der Waals surface area contributed by atoms with Gasteiger partial charge in [0.25, 0.3) is 5.91 Å². The van der Waals surface area contributed by atoms with Crippen molar-refractivity contribution in [1.29, 1.82) is 0 Å². The molecule has 0 unspecified atom stereocenters. The highest BCUT2D eigenvalue weighted by Crippen LogP contribution is 2.24. The Morgan fingerprint density at radius 1 is 1.23 bits per heavy atom. The fraction of sp³-hybridized carbons (Fsp3) is 0.348. The standard InChI is InChI=1S/C23H26FN5O/c1-29-21-10-9-18(26-13-11-17-7-4-5-12-25-17)14-19(21)22(28-29)23(30)27-15-16-6-2-3-8-20(16)24/h2-8,12,18,26H,9-11,13-15H2,1H3,(H,27,30)/t18-/m1/s1. The van der Waals surface area contributed by atoms with Crippen LogP contribution in [-0.2, 0) is 32.9 Å². The second-order valence-corrected chi connectivity index (χ2v) is 7.64. The Balaban J connectivity index is 1.38. The van der Waals surface area contributed by atoms with Crippen LogP contribution in [0.3, 0.4) is 0 Å². The second-order valence-electron chi connectivity index (χ2n) is 7.64. The zero-order valence-corrected chi connectivity index (χ0v) is 17.1. The van der Waals surface area contributed by atoms with E-state index in [1.807, 2.05) is 31.4 Å². The van der Waals surface area contributed by atoms with Gasteiger partial charge in [0.2, 0.25) is 0 Å². The molecule has 3 aromatic rings. The van der Waals surface area contributed by atoms with Crippen LogP contribution in [0, 0.1) is 5.82 Å². The third kappa shape index (κ3) is 4.57. The van der Waals surface area contributed by atoms with Crippen molar-refractivity contribution >= 4 is 5.91 Å². The number of amides is 1. The first kappa shape index (κ1) is 20.2. The van der Waals surface area contributed by atoms with E-state index in [2.05, 4.69) is 20.7 Å². The van der Waals surface area contributed by atoms with Crippen LogP contribution in [0.25, 0.3) is 0 Å². The lowest BCUT2D eigenvalue weighted by atomic mass is 9.91. The van der Waals surface area contributed by atoms with Crippen molar-refractivity contribution in [3.8, 4) is 0 Å². The molecule has 4 rings (SSSR count). The lowest BCUT2D eigenvalue weighted by Crippen LogP contribution is -2.36. The molecule has 1 aliphatic carbocycles. The maximum Gasteiger partial charge on any atom is 0.272 e. The average Bonchev–Trinajstić information content (AvgIpc) is 3.10. The zero-order valence-electron chi connectivity index (χ0n) is 17.1. The van der Waals surface area contributed by atoms with Crippen LogP contribution >= 0.6 is 0 Å². The summed E-state index contributed by atoms with van der Waals surface area (Å²) in [4.78, 5) is 17.1. The van der Waals surface area contributed by atoms with Gasteiger partial charge in [0.05, 0.1) is 0 Å². The molecule has 1 amide bonds. The smallest absolute Gasteiger partial charge is 0.272 e. The molecular formula is C23H26FN5O. The molecule has 1 aromatic carbocycles. The molecule has 0 bridgehead atoms. The van der Waals surface area contributed by atoms with E-state index in [0.29, 0.717) is 17.3 Å². The van der Waals surface area contributed by atoms with Crippen molar-refractivity contribution in [3.63, 3.8) is 0 Å². The zero-order chi connectivity index (χ0) is 20.9. The summed E-state index contributed by atoms with van der Waals surface area (Å²) in [6, 6.07) is 12.7. The fourth-order valence-electron chi connectivity index (χ4n) is 4.00. The predicted molar refractivity (Wildman–Crippen MR) is 113 cm³/mol. The number of carbonyl (C=O) groups excluding carboxylic acids is 1. The third-order valence-electron chi connectivity index (χ3n) is 5.61. The average molecular weight is 407 g/mol. The number of rotatable bonds is 7. The summed E-state index contributed by atoms with van der Waals surface area (Å²) in [5.74, 6) is -0.581. The minimum Gasteiger partial charge on any atom is -0.346 e. The quantitative estimate of drug-likeness (QED) is 0.632. The Bertz CT molecular complexity index is 1020. The number of pyridine rings is 1.